The maximum absolute atomic E-state index is 11.6. The molecule has 0 aliphatic rings. The first-order valence-corrected chi connectivity index (χ1v) is 4.59. The van der Waals surface area contributed by atoms with Crippen LogP contribution in [0.4, 0.5) is 13.2 Å². The van der Waals surface area contributed by atoms with Crippen LogP contribution in [0.25, 0.3) is 0 Å². The average Bonchev–Trinajstić information content (AvgIpc) is 1.97. The van der Waals surface area contributed by atoms with E-state index in [4.69, 9.17) is 5.11 Å². The van der Waals surface area contributed by atoms with E-state index in [1.54, 1.807) is 0 Å². The molecule has 14 heavy (non-hydrogen) atoms. The van der Waals surface area contributed by atoms with Crippen molar-refractivity contribution in [2.45, 2.75) is 11.6 Å². The summed E-state index contributed by atoms with van der Waals surface area (Å²) in [5.41, 5.74) is -1.01. The molecule has 84 valence electrons. The SMILES string of the molecule is NC(=O)C(O)CNS(=O)(=O)C(F)(F)F. The van der Waals surface area contributed by atoms with Gasteiger partial charge in [0.25, 0.3) is 0 Å². The van der Waals surface area contributed by atoms with Crippen molar-refractivity contribution in [3.05, 3.63) is 0 Å². The van der Waals surface area contributed by atoms with E-state index in [-0.39, 0.29) is 0 Å². The Labute approximate surface area is 76.9 Å². The summed E-state index contributed by atoms with van der Waals surface area (Å²) in [5, 5.41) is 8.59. The highest BCUT2D eigenvalue weighted by molar-refractivity contribution is 7.90. The molecule has 0 bridgehead atoms. The van der Waals surface area contributed by atoms with Gasteiger partial charge in [0.05, 0.1) is 0 Å². The Morgan fingerprint density at radius 3 is 2.21 bits per heavy atom. The molecule has 0 aromatic heterocycles. The van der Waals surface area contributed by atoms with Gasteiger partial charge >= 0.3 is 15.5 Å². The van der Waals surface area contributed by atoms with E-state index in [1.807, 2.05) is 0 Å². The van der Waals surface area contributed by atoms with E-state index in [2.05, 4.69) is 5.73 Å². The molecule has 0 fully saturated rings. The standard InChI is InChI=1S/C4H7F3N2O4S/c5-4(6,7)14(12,13)9-1-2(10)3(8)11/h2,9-10H,1H2,(H2,8,11). The lowest BCUT2D eigenvalue weighted by Crippen LogP contribution is -2.44. The molecule has 1 amide bonds. The average molecular weight is 236 g/mol. The Morgan fingerprint density at radius 1 is 1.50 bits per heavy atom. The van der Waals surface area contributed by atoms with E-state index in [9.17, 15) is 26.4 Å². The number of sulfonamides is 1. The fourth-order valence-corrected chi connectivity index (χ4v) is 0.912. The first-order chi connectivity index (χ1) is 6.08. The predicted molar refractivity (Wildman–Crippen MR) is 38.2 cm³/mol. The summed E-state index contributed by atoms with van der Waals surface area (Å²) >= 11 is 0. The molecule has 0 heterocycles. The van der Waals surface area contributed by atoms with Gasteiger partial charge in [-0.05, 0) is 0 Å². The first-order valence-electron chi connectivity index (χ1n) is 3.11. The van der Waals surface area contributed by atoms with Gasteiger partial charge in [-0.2, -0.15) is 13.2 Å². The highest BCUT2D eigenvalue weighted by Crippen LogP contribution is 2.21. The van der Waals surface area contributed by atoms with Gasteiger partial charge in [-0.3, -0.25) is 4.79 Å². The van der Waals surface area contributed by atoms with Crippen LogP contribution < -0.4 is 10.5 Å². The first kappa shape index (κ1) is 13.1. The quantitative estimate of drug-likeness (QED) is 0.538. The molecule has 1 unspecified atom stereocenters. The molecule has 0 rings (SSSR count). The lowest BCUT2D eigenvalue weighted by Gasteiger charge is -2.10. The number of hydrogen-bond donors (Lipinski definition) is 3. The Bertz CT molecular complexity index is 311. The number of alkyl halides is 3. The van der Waals surface area contributed by atoms with Gasteiger partial charge in [0.2, 0.25) is 5.91 Å². The monoisotopic (exact) mass is 236 g/mol. The van der Waals surface area contributed by atoms with Crippen molar-refractivity contribution in [1.29, 1.82) is 0 Å². The van der Waals surface area contributed by atoms with Gasteiger partial charge in [0.15, 0.2) is 0 Å². The summed E-state index contributed by atoms with van der Waals surface area (Å²) in [6.07, 6.45) is -1.99. The van der Waals surface area contributed by atoms with Crippen LogP contribution in [-0.2, 0) is 14.8 Å². The third kappa shape index (κ3) is 3.47. The molecule has 0 aromatic rings. The number of aliphatic hydroxyl groups excluding tert-OH is 1. The van der Waals surface area contributed by atoms with Crippen LogP contribution in [-0.4, -0.2) is 37.6 Å². The lowest BCUT2D eigenvalue weighted by molar-refractivity contribution is -0.125. The number of hydrogen-bond acceptors (Lipinski definition) is 4. The second kappa shape index (κ2) is 4.11. The molecule has 0 aliphatic heterocycles. The van der Waals surface area contributed by atoms with Crippen molar-refractivity contribution in [1.82, 2.24) is 4.72 Å². The van der Waals surface area contributed by atoms with Crippen molar-refractivity contribution in [3.8, 4) is 0 Å². The second-order valence-corrected chi connectivity index (χ2v) is 3.97. The minimum Gasteiger partial charge on any atom is -0.382 e. The maximum Gasteiger partial charge on any atom is 0.511 e. The molecule has 0 aromatic carbocycles. The largest absolute Gasteiger partial charge is 0.511 e. The van der Waals surface area contributed by atoms with Gasteiger partial charge < -0.3 is 10.8 Å². The maximum atomic E-state index is 11.6. The van der Waals surface area contributed by atoms with Crippen LogP contribution in [0.1, 0.15) is 0 Å². The molecule has 0 spiro atoms. The smallest absolute Gasteiger partial charge is 0.382 e. The van der Waals surface area contributed by atoms with Gasteiger partial charge in [0, 0.05) is 6.54 Å². The molecule has 0 saturated carbocycles. The zero-order chi connectivity index (χ0) is 11.6. The highest BCUT2D eigenvalue weighted by Gasteiger charge is 2.45. The number of nitrogens with one attached hydrogen (secondary N) is 1. The fourth-order valence-electron chi connectivity index (χ4n) is 0.371. The summed E-state index contributed by atoms with van der Waals surface area (Å²) in [6.45, 7) is -1.11. The minimum absolute atomic E-state index is 0.976. The van der Waals surface area contributed by atoms with Crippen LogP contribution in [0.3, 0.4) is 0 Å². The van der Waals surface area contributed by atoms with E-state index >= 15 is 0 Å². The number of primary amides is 1. The van der Waals surface area contributed by atoms with Gasteiger partial charge in [-0.1, -0.05) is 0 Å². The predicted octanol–water partition coefficient (Wildman–Crippen LogP) is -1.73. The molecular formula is C4H7F3N2O4S. The Kier molecular flexibility index (Phi) is 3.85. The van der Waals surface area contributed by atoms with Crippen molar-refractivity contribution >= 4 is 15.9 Å². The van der Waals surface area contributed by atoms with Crippen LogP contribution in [0.15, 0.2) is 0 Å². The van der Waals surface area contributed by atoms with Gasteiger partial charge in [-0.15, -0.1) is 0 Å². The second-order valence-electron chi connectivity index (χ2n) is 2.22. The molecule has 6 nitrogen and oxygen atoms in total. The number of rotatable bonds is 4. The Balaban J connectivity index is 4.36. The van der Waals surface area contributed by atoms with E-state index in [1.165, 1.54) is 0 Å². The lowest BCUT2D eigenvalue weighted by atomic mass is 10.3. The van der Waals surface area contributed by atoms with E-state index in [0.717, 1.165) is 4.72 Å². The zero-order valence-corrected chi connectivity index (χ0v) is 7.39. The normalized spacial score (nSPS) is 15.1. The molecule has 0 aliphatic carbocycles. The number of amides is 1. The van der Waals surface area contributed by atoms with Crippen molar-refractivity contribution in [3.63, 3.8) is 0 Å². The Morgan fingerprint density at radius 2 is 1.93 bits per heavy atom. The Hall–Kier alpha value is -0.870. The third-order valence-electron chi connectivity index (χ3n) is 1.10. The topological polar surface area (TPSA) is 109 Å². The van der Waals surface area contributed by atoms with Crippen molar-refractivity contribution < 1.29 is 31.5 Å². The minimum atomic E-state index is -5.54. The summed E-state index contributed by atoms with van der Waals surface area (Å²) in [4.78, 5) is 10.1. The highest BCUT2D eigenvalue weighted by atomic mass is 32.2. The van der Waals surface area contributed by atoms with Crippen LogP contribution in [0.2, 0.25) is 0 Å². The molecular weight excluding hydrogens is 229 g/mol. The molecule has 10 heteroatoms. The van der Waals surface area contributed by atoms with E-state index < -0.39 is 34.1 Å². The van der Waals surface area contributed by atoms with E-state index in [0.29, 0.717) is 0 Å². The molecule has 0 radical (unpaired) electrons. The van der Waals surface area contributed by atoms with Crippen LogP contribution in [0, 0.1) is 0 Å². The molecule has 0 saturated heterocycles. The summed E-state index contributed by atoms with van der Waals surface area (Å²) < 4.78 is 56.4. The number of carbonyl (C=O) groups excluding carboxylic acids is 1. The summed E-state index contributed by atoms with van der Waals surface area (Å²) in [5.74, 6) is -1.32. The molecule has 1 atom stereocenters. The number of nitrogens with two attached hydrogens (primary N) is 1. The molecule has 4 N–H and O–H groups in total. The number of carbonyl (C=O) groups is 1. The van der Waals surface area contributed by atoms with Crippen LogP contribution >= 0.6 is 0 Å². The van der Waals surface area contributed by atoms with Crippen molar-refractivity contribution in [2.24, 2.45) is 5.73 Å². The summed E-state index contributed by atoms with van der Waals surface area (Å²) in [6, 6.07) is 0. The number of halogens is 3. The van der Waals surface area contributed by atoms with Gasteiger partial charge in [0.1, 0.15) is 6.10 Å². The zero-order valence-electron chi connectivity index (χ0n) is 6.58. The third-order valence-corrected chi connectivity index (χ3v) is 2.26. The fraction of sp³-hybridized carbons (Fsp3) is 0.750. The van der Waals surface area contributed by atoms with Crippen molar-refractivity contribution in [2.75, 3.05) is 6.54 Å². The van der Waals surface area contributed by atoms with Gasteiger partial charge in [-0.25, -0.2) is 13.1 Å². The van der Waals surface area contributed by atoms with Crippen LogP contribution in [0.5, 0.6) is 0 Å². The summed E-state index contributed by atoms with van der Waals surface area (Å²) in [7, 11) is -5.54. The number of aliphatic hydroxyl groups is 1.